The van der Waals surface area contributed by atoms with E-state index >= 15 is 0 Å². The number of Topliss-reactive ketones (excluding diaryl/α,β-unsaturated/α-hetero) is 1. The molecule has 1 unspecified atom stereocenters. The van der Waals surface area contributed by atoms with Crippen molar-refractivity contribution in [2.75, 3.05) is 7.05 Å². The van der Waals surface area contributed by atoms with Gasteiger partial charge in [-0.25, -0.2) is 0 Å². The van der Waals surface area contributed by atoms with E-state index in [0.29, 0.717) is 11.5 Å². The lowest BCUT2D eigenvalue weighted by Gasteiger charge is -2.23. The van der Waals surface area contributed by atoms with Crippen LogP contribution in [0.3, 0.4) is 0 Å². The maximum absolute atomic E-state index is 13.1. The summed E-state index contributed by atoms with van der Waals surface area (Å²) in [5, 5.41) is 3.04. The summed E-state index contributed by atoms with van der Waals surface area (Å²) in [5.74, 6) is 1.31. The van der Waals surface area contributed by atoms with Crippen LogP contribution in [0.25, 0.3) is 5.57 Å². The van der Waals surface area contributed by atoms with Crippen molar-refractivity contribution in [3.8, 4) is 5.75 Å². The Labute approximate surface area is 160 Å². The van der Waals surface area contributed by atoms with Crippen molar-refractivity contribution >= 4 is 11.4 Å². The normalized spacial score (nSPS) is 20.5. The summed E-state index contributed by atoms with van der Waals surface area (Å²) in [6.07, 6.45) is 5.63. The van der Waals surface area contributed by atoms with E-state index in [1.54, 1.807) is 7.05 Å². The first-order valence-electron chi connectivity index (χ1n) is 9.71. The largest absolute Gasteiger partial charge is 0.490 e. The van der Waals surface area contributed by atoms with E-state index in [9.17, 15) is 4.79 Å². The van der Waals surface area contributed by atoms with Gasteiger partial charge in [0.25, 0.3) is 0 Å². The molecule has 1 aliphatic heterocycles. The van der Waals surface area contributed by atoms with Crippen LogP contribution in [0.2, 0.25) is 0 Å². The van der Waals surface area contributed by atoms with Crippen LogP contribution in [0.15, 0.2) is 60.5 Å². The van der Waals surface area contributed by atoms with Gasteiger partial charge < -0.3 is 14.8 Å². The van der Waals surface area contributed by atoms with E-state index < -0.39 is 6.10 Å². The van der Waals surface area contributed by atoms with Gasteiger partial charge in [0, 0.05) is 12.6 Å². The zero-order valence-electron chi connectivity index (χ0n) is 15.6. The van der Waals surface area contributed by atoms with Gasteiger partial charge in [-0.2, -0.15) is 0 Å². The van der Waals surface area contributed by atoms with E-state index in [-0.39, 0.29) is 11.9 Å². The fraction of sp³-hybridized carbons (Fsp3) is 0.348. The second kappa shape index (κ2) is 7.87. The van der Waals surface area contributed by atoms with Gasteiger partial charge in [-0.15, -0.1) is 0 Å². The Morgan fingerprint density at radius 2 is 1.78 bits per heavy atom. The number of benzene rings is 2. The molecule has 0 amide bonds. The zero-order valence-corrected chi connectivity index (χ0v) is 15.6. The number of hydrogen-bond donors (Lipinski definition) is 1. The van der Waals surface area contributed by atoms with E-state index in [4.69, 9.17) is 9.47 Å². The maximum Gasteiger partial charge on any atom is 0.213 e. The molecule has 1 fully saturated rings. The van der Waals surface area contributed by atoms with Crippen LogP contribution in [-0.4, -0.2) is 18.9 Å². The lowest BCUT2D eigenvalue weighted by atomic mass is 9.96. The molecule has 4 rings (SSSR count). The van der Waals surface area contributed by atoms with Crippen molar-refractivity contribution in [1.29, 1.82) is 0 Å². The molecule has 27 heavy (non-hydrogen) atoms. The summed E-state index contributed by atoms with van der Waals surface area (Å²) in [7, 11) is 1.78. The molecule has 4 heteroatoms. The minimum absolute atomic E-state index is 0.0274. The average molecular weight is 363 g/mol. The highest BCUT2D eigenvalue weighted by atomic mass is 16.5. The second-order valence-electron chi connectivity index (χ2n) is 7.13. The van der Waals surface area contributed by atoms with Gasteiger partial charge in [-0.1, -0.05) is 48.9 Å². The van der Waals surface area contributed by atoms with E-state index in [2.05, 4.69) is 5.32 Å². The molecule has 1 heterocycles. The number of nitrogens with one attached hydrogen (secondary N) is 1. The molecule has 1 saturated carbocycles. The van der Waals surface area contributed by atoms with E-state index in [1.807, 2.05) is 54.6 Å². The Kier molecular flexibility index (Phi) is 5.14. The van der Waals surface area contributed by atoms with Gasteiger partial charge >= 0.3 is 0 Å². The summed E-state index contributed by atoms with van der Waals surface area (Å²) in [6.45, 7) is 0. The van der Waals surface area contributed by atoms with E-state index in [0.717, 1.165) is 29.7 Å². The number of hydrogen-bond acceptors (Lipinski definition) is 4. The van der Waals surface area contributed by atoms with Gasteiger partial charge in [0.15, 0.2) is 12.0 Å². The lowest BCUT2D eigenvalue weighted by molar-refractivity contribution is -0.120. The highest BCUT2D eigenvalue weighted by molar-refractivity contribution is 6.25. The molecule has 1 aliphatic carbocycles. The number of ketones is 1. The molecular formula is C23H25NO3. The second-order valence-corrected chi connectivity index (χ2v) is 7.13. The average Bonchev–Trinajstić information content (AvgIpc) is 3.06. The highest BCUT2D eigenvalue weighted by Gasteiger charge is 2.36. The Hall–Kier alpha value is -2.75. The van der Waals surface area contributed by atoms with Crippen molar-refractivity contribution in [2.45, 2.75) is 44.3 Å². The van der Waals surface area contributed by atoms with Crippen LogP contribution >= 0.6 is 0 Å². The molecule has 1 atom stereocenters. The molecule has 0 saturated heterocycles. The van der Waals surface area contributed by atoms with Crippen molar-refractivity contribution in [3.63, 3.8) is 0 Å². The Balaban J connectivity index is 1.59. The lowest BCUT2D eigenvalue weighted by Crippen LogP contribution is -2.19. The fourth-order valence-corrected chi connectivity index (χ4v) is 3.88. The molecule has 0 radical (unpaired) electrons. The van der Waals surface area contributed by atoms with Crippen molar-refractivity contribution in [2.24, 2.45) is 0 Å². The first-order valence-corrected chi connectivity index (χ1v) is 9.71. The van der Waals surface area contributed by atoms with E-state index in [1.165, 1.54) is 19.3 Å². The predicted molar refractivity (Wildman–Crippen MR) is 105 cm³/mol. The molecule has 0 aromatic heterocycles. The predicted octanol–water partition coefficient (Wildman–Crippen LogP) is 4.63. The summed E-state index contributed by atoms with van der Waals surface area (Å²) in [6, 6.07) is 17.4. The minimum Gasteiger partial charge on any atom is -0.490 e. The van der Waals surface area contributed by atoms with Crippen LogP contribution < -0.4 is 10.1 Å². The smallest absolute Gasteiger partial charge is 0.213 e. The zero-order chi connectivity index (χ0) is 18.6. The Bertz CT molecular complexity index is 838. The molecule has 0 spiro atoms. The first kappa shape index (κ1) is 17.7. The van der Waals surface area contributed by atoms with Crippen molar-refractivity contribution in [1.82, 2.24) is 5.32 Å². The van der Waals surface area contributed by atoms with Gasteiger partial charge in [0.2, 0.25) is 5.78 Å². The van der Waals surface area contributed by atoms with Gasteiger partial charge in [0.05, 0.1) is 11.7 Å². The van der Waals surface area contributed by atoms with Gasteiger partial charge in [-0.3, -0.25) is 4.79 Å². The molecule has 1 N–H and O–H groups in total. The van der Waals surface area contributed by atoms with Gasteiger partial charge in [0.1, 0.15) is 5.75 Å². The highest BCUT2D eigenvalue weighted by Crippen LogP contribution is 2.38. The number of ether oxygens (including phenoxy) is 2. The van der Waals surface area contributed by atoms with Crippen LogP contribution in [0.5, 0.6) is 5.75 Å². The first-order chi connectivity index (χ1) is 13.3. The Morgan fingerprint density at radius 1 is 1.00 bits per heavy atom. The Morgan fingerprint density at radius 3 is 2.52 bits per heavy atom. The van der Waals surface area contributed by atoms with Crippen LogP contribution in [0.4, 0.5) is 0 Å². The number of carbonyl (C=O) groups is 1. The molecule has 2 aromatic rings. The quantitative estimate of drug-likeness (QED) is 0.842. The fourth-order valence-electron chi connectivity index (χ4n) is 3.88. The third-order valence-electron chi connectivity index (χ3n) is 5.25. The summed E-state index contributed by atoms with van der Waals surface area (Å²) in [4.78, 5) is 13.1. The minimum atomic E-state index is -0.605. The van der Waals surface area contributed by atoms with Crippen LogP contribution in [0, 0.1) is 0 Å². The molecule has 0 bridgehead atoms. The monoisotopic (exact) mass is 363 g/mol. The van der Waals surface area contributed by atoms with Crippen molar-refractivity contribution in [3.05, 3.63) is 71.6 Å². The van der Waals surface area contributed by atoms with Crippen LogP contribution in [0.1, 0.15) is 49.3 Å². The van der Waals surface area contributed by atoms with Crippen molar-refractivity contribution < 1.29 is 14.3 Å². The third-order valence-corrected chi connectivity index (χ3v) is 5.25. The maximum atomic E-state index is 13.1. The SMILES string of the molecule is CNC1=C(c2cccc(OC3CCCCC3)c2)C(=O)C(c2ccccc2)O1. The number of rotatable bonds is 5. The molecular weight excluding hydrogens is 338 g/mol. The molecule has 2 aromatic carbocycles. The summed E-state index contributed by atoms with van der Waals surface area (Å²) >= 11 is 0. The number of carbonyl (C=O) groups excluding carboxylic acids is 1. The topological polar surface area (TPSA) is 47.6 Å². The van der Waals surface area contributed by atoms with Crippen LogP contribution in [-0.2, 0) is 9.53 Å². The summed E-state index contributed by atoms with van der Waals surface area (Å²) in [5.41, 5.74) is 2.27. The standard InChI is InChI=1S/C23H25NO3/c1-24-23-20(21(25)22(27-23)16-9-4-2-5-10-16)17-11-8-14-19(15-17)26-18-12-6-3-7-13-18/h2,4-5,8-11,14-15,18,22,24H,3,6-7,12-13H2,1H3. The summed E-state index contributed by atoms with van der Waals surface area (Å²) < 4.78 is 12.1. The molecule has 140 valence electrons. The van der Waals surface area contributed by atoms with Gasteiger partial charge in [-0.05, 0) is 43.4 Å². The third kappa shape index (κ3) is 3.70. The molecule has 4 nitrogen and oxygen atoms in total. The molecule has 2 aliphatic rings.